The van der Waals surface area contributed by atoms with Crippen LogP contribution in [0, 0.1) is 5.92 Å². The van der Waals surface area contributed by atoms with Gasteiger partial charge in [-0.25, -0.2) is 0 Å². The third kappa shape index (κ3) is 4.31. The second kappa shape index (κ2) is 8.66. The highest BCUT2D eigenvalue weighted by atomic mass is 16.5. The SMILES string of the molecule is CC(C)CCN1CCCn2cccc2[C@@H]1c1cccc(Oc2ccccc2)c1. The van der Waals surface area contributed by atoms with Crippen LogP contribution in [0.3, 0.4) is 0 Å². The molecule has 0 bridgehead atoms. The molecule has 1 atom stereocenters. The van der Waals surface area contributed by atoms with E-state index in [9.17, 15) is 0 Å². The summed E-state index contributed by atoms with van der Waals surface area (Å²) in [5.41, 5.74) is 2.69. The summed E-state index contributed by atoms with van der Waals surface area (Å²) in [6, 6.07) is 23.4. The van der Waals surface area contributed by atoms with Crippen LogP contribution in [0.15, 0.2) is 72.9 Å². The Morgan fingerprint density at radius 1 is 0.929 bits per heavy atom. The van der Waals surface area contributed by atoms with Crippen LogP contribution in [0.25, 0.3) is 0 Å². The minimum atomic E-state index is 0.274. The van der Waals surface area contributed by atoms with Gasteiger partial charge in [0.25, 0.3) is 0 Å². The first-order chi connectivity index (χ1) is 13.7. The molecule has 0 saturated carbocycles. The molecule has 2 heterocycles. The van der Waals surface area contributed by atoms with Gasteiger partial charge in [-0.3, -0.25) is 4.90 Å². The number of benzene rings is 2. The van der Waals surface area contributed by atoms with E-state index in [4.69, 9.17) is 4.74 Å². The maximum atomic E-state index is 6.12. The number of rotatable bonds is 6. The molecule has 0 saturated heterocycles. The predicted molar refractivity (Wildman–Crippen MR) is 115 cm³/mol. The smallest absolute Gasteiger partial charge is 0.127 e. The van der Waals surface area contributed by atoms with Crippen molar-refractivity contribution in [2.75, 3.05) is 13.1 Å². The van der Waals surface area contributed by atoms with E-state index in [1.807, 2.05) is 36.4 Å². The minimum absolute atomic E-state index is 0.274. The Balaban J connectivity index is 1.66. The van der Waals surface area contributed by atoms with Gasteiger partial charge in [-0.15, -0.1) is 0 Å². The quantitative estimate of drug-likeness (QED) is 0.517. The van der Waals surface area contributed by atoms with Gasteiger partial charge in [0.1, 0.15) is 11.5 Å². The number of hydrogen-bond donors (Lipinski definition) is 0. The average Bonchev–Trinajstić information content (AvgIpc) is 3.08. The number of ether oxygens (including phenoxy) is 1. The van der Waals surface area contributed by atoms with Gasteiger partial charge in [-0.1, -0.05) is 44.2 Å². The van der Waals surface area contributed by atoms with Crippen molar-refractivity contribution in [3.05, 3.63) is 84.2 Å². The fourth-order valence-corrected chi connectivity index (χ4v) is 4.06. The van der Waals surface area contributed by atoms with Gasteiger partial charge >= 0.3 is 0 Å². The Morgan fingerprint density at radius 3 is 2.57 bits per heavy atom. The number of aryl methyl sites for hydroxylation is 1. The van der Waals surface area contributed by atoms with Gasteiger partial charge in [0, 0.05) is 25.0 Å². The minimum Gasteiger partial charge on any atom is -0.457 e. The van der Waals surface area contributed by atoms with Crippen LogP contribution in [0.4, 0.5) is 0 Å². The number of aromatic nitrogens is 1. The molecule has 0 amide bonds. The van der Waals surface area contributed by atoms with Gasteiger partial charge in [0.15, 0.2) is 0 Å². The van der Waals surface area contributed by atoms with E-state index in [1.165, 1.54) is 24.1 Å². The standard InChI is InChI=1S/C25H30N2O/c1-20(2)14-18-27-17-8-16-26-15-7-13-24(26)25(27)21-9-6-12-23(19-21)28-22-10-4-3-5-11-22/h3-7,9-13,15,19-20,25H,8,14,16-18H2,1-2H3/t25-/m0/s1. The second-order valence-corrected chi connectivity index (χ2v) is 8.09. The predicted octanol–water partition coefficient (Wildman–Crippen LogP) is 6.12. The highest BCUT2D eigenvalue weighted by Crippen LogP contribution is 2.34. The molecular weight excluding hydrogens is 344 g/mol. The van der Waals surface area contributed by atoms with Crippen molar-refractivity contribution in [2.45, 2.75) is 39.3 Å². The molecule has 1 aliphatic heterocycles. The Hall–Kier alpha value is -2.52. The molecule has 0 radical (unpaired) electrons. The summed E-state index contributed by atoms with van der Waals surface area (Å²) in [6.45, 7) is 7.96. The molecule has 3 nitrogen and oxygen atoms in total. The van der Waals surface area contributed by atoms with Crippen molar-refractivity contribution < 1.29 is 4.74 Å². The summed E-state index contributed by atoms with van der Waals surface area (Å²) in [6.07, 6.45) is 4.63. The lowest BCUT2D eigenvalue weighted by atomic mass is 10.0. The first-order valence-corrected chi connectivity index (χ1v) is 10.4. The highest BCUT2D eigenvalue weighted by molar-refractivity contribution is 5.38. The maximum absolute atomic E-state index is 6.12. The molecule has 3 aromatic rings. The Bertz CT molecular complexity index is 884. The molecule has 3 heteroatoms. The van der Waals surface area contributed by atoms with Gasteiger partial charge in [0.05, 0.1) is 6.04 Å². The Morgan fingerprint density at radius 2 is 1.75 bits per heavy atom. The fraction of sp³-hybridized carbons (Fsp3) is 0.360. The zero-order valence-electron chi connectivity index (χ0n) is 16.9. The lowest BCUT2D eigenvalue weighted by Gasteiger charge is -2.31. The maximum Gasteiger partial charge on any atom is 0.127 e. The van der Waals surface area contributed by atoms with Crippen LogP contribution in [-0.4, -0.2) is 22.6 Å². The molecular formula is C25H30N2O. The van der Waals surface area contributed by atoms with Crippen LogP contribution in [-0.2, 0) is 6.54 Å². The van der Waals surface area contributed by atoms with Crippen molar-refractivity contribution in [2.24, 2.45) is 5.92 Å². The Kier molecular flexibility index (Phi) is 5.82. The van der Waals surface area contributed by atoms with Crippen LogP contribution < -0.4 is 4.74 Å². The second-order valence-electron chi connectivity index (χ2n) is 8.09. The van der Waals surface area contributed by atoms with Crippen molar-refractivity contribution in [1.29, 1.82) is 0 Å². The highest BCUT2D eigenvalue weighted by Gasteiger charge is 2.27. The molecule has 1 aromatic heterocycles. The number of hydrogen-bond acceptors (Lipinski definition) is 2. The van der Waals surface area contributed by atoms with Crippen molar-refractivity contribution in [3.63, 3.8) is 0 Å². The number of nitrogens with zero attached hydrogens (tertiary/aromatic N) is 2. The van der Waals surface area contributed by atoms with Crippen molar-refractivity contribution >= 4 is 0 Å². The third-order valence-electron chi connectivity index (χ3n) is 5.50. The lowest BCUT2D eigenvalue weighted by Crippen LogP contribution is -2.31. The average molecular weight is 375 g/mol. The monoisotopic (exact) mass is 374 g/mol. The topological polar surface area (TPSA) is 17.4 Å². The van der Waals surface area contributed by atoms with Gasteiger partial charge in [-0.05, 0) is 67.3 Å². The molecule has 1 aliphatic rings. The van der Waals surface area contributed by atoms with E-state index in [-0.39, 0.29) is 6.04 Å². The molecule has 2 aromatic carbocycles. The number of para-hydroxylation sites is 1. The largest absolute Gasteiger partial charge is 0.457 e. The summed E-state index contributed by atoms with van der Waals surface area (Å²) in [5.74, 6) is 2.49. The first-order valence-electron chi connectivity index (χ1n) is 10.4. The van der Waals surface area contributed by atoms with E-state index in [2.05, 4.69) is 59.8 Å². The van der Waals surface area contributed by atoms with E-state index in [0.717, 1.165) is 31.1 Å². The van der Waals surface area contributed by atoms with Gasteiger partial charge in [-0.2, -0.15) is 0 Å². The molecule has 28 heavy (non-hydrogen) atoms. The summed E-state index contributed by atoms with van der Waals surface area (Å²) in [7, 11) is 0. The van der Waals surface area contributed by atoms with E-state index in [0.29, 0.717) is 5.92 Å². The lowest BCUT2D eigenvalue weighted by molar-refractivity contribution is 0.216. The summed E-state index contributed by atoms with van der Waals surface area (Å²) in [4.78, 5) is 2.65. The zero-order chi connectivity index (χ0) is 19.3. The molecule has 0 unspecified atom stereocenters. The van der Waals surface area contributed by atoms with Crippen molar-refractivity contribution in [1.82, 2.24) is 9.47 Å². The first kappa shape index (κ1) is 18.8. The fourth-order valence-electron chi connectivity index (χ4n) is 4.06. The third-order valence-corrected chi connectivity index (χ3v) is 5.50. The normalized spacial score (nSPS) is 17.3. The van der Waals surface area contributed by atoms with Gasteiger partial charge < -0.3 is 9.30 Å². The van der Waals surface area contributed by atoms with E-state index < -0.39 is 0 Å². The molecule has 0 N–H and O–H groups in total. The summed E-state index contributed by atoms with van der Waals surface area (Å²) < 4.78 is 8.54. The molecule has 0 spiro atoms. The van der Waals surface area contributed by atoms with E-state index >= 15 is 0 Å². The van der Waals surface area contributed by atoms with Crippen LogP contribution in [0.1, 0.15) is 44.0 Å². The summed E-state index contributed by atoms with van der Waals surface area (Å²) in [5, 5.41) is 0. The van der Waals surface area contributed by atoms with Crippen LogP contribution in [0.2, 0.25) is 0 Å². The van der Waals surface area contributed by atoms with Gasteiger partial charge in [0.2, 0.25) is 0 Å². The van der Waals surface area contributed by atoms with Crippen LogP contribution in [0.5, 0.6) is 11.5 Å². The summed E-state index contributed by atoms with van der Waals surface area (Å²) >= 11 is 0. The zero-order valence-corrected chi connectivity index (χ0v) is 16.9. The molecule has 146 valence electrons. The molecule has 4 rings (SSSR count). The van der Waals surface area contributed by atoms with E-state index in [1.54, 1.807) is 0 Å². The van der Waals surface area contributed by atoms with Crippen molar-refractivity contribution in [3.8, 4) is 11.5 Å². The van der Waals surface area contributed by atoms with Crippen LogP contribution >= 0.6 is 0 Å². The molecule has 0 fully saturated rings. The molecule has 0 aliphatic carbocycles. The number of fused-ring (bicyclic) bond motifs is 1. The Labute approximate surface area is 168 Å².